The van der Waals surface area contributed by atoms with Gasteiger partial charge in [-0.15, -0.1) is 21.5 Å². The molecule has 2 aromatic heterocycles. The Balaban J connectivity index is 1.68. The van der Waals surface area contributed by atoms with Crippen LogP contribution in [0.3, 0.4) is 0 Å². The van der Waals surface area contributed by atoms with Crippen molar-refractivity contribution in [3.63, 3.8) is 0 Å². The van der Waals surface area contributed by atoms with E-state index >= 15 is 0 Å². The third-order valence-electron chi connectivity index (χ3n) is 4.37. The lowest BCUT2D eigenvalue weighted by molar-refractivity contribution is -0.113. The molecule has 0 aliphatic carbocycles. The topological polar surface area (TPSA) is 59.8 Å². The maximum atomic E-state index is 12.3. The van der Waals surface area contributed by atoms with Crippen LogP contribution in [0.2, 0.25) is 0 Å². The third-order valence-corrected chi connectivity index (χ3v) is 6.34. The van der Waals surface area contributed by atoms with E-state index in [-0.39, 0.29) is 5.91 Å². The molecule has 0 saturated carbocycles. The van der Waals surface area contributed by atoms with Crippen molar-refractivity contribution in [3.8, 4) is 11.4 Å². The first kappa shape index (κ1) is 19.6. The molecule has 2 heterocycles. The summed E-state index contributed by atoms with van der Waals surface area (Å²) < 4.78 is 1.97. The predicted molar refractivity (Wildman–Crippen MR) is 114 cm³/mol. The van der Waals surface area contributed by atoms with Crippen LogP contribution in [0.5, 0.6) is 0 Å². The second-order valence-electron chi connectivity index (χ2n) is 6.62. The number of benzene rings is 1. The number of aromatic nitrogens is 3. The lowest BCUT2D eigenvalue weighted by Crippen LogP contribution is -2.14. The first-order valence-electron chi connectivity index (χ1n) is 8.86. The zero-order chi connectivity index (χ0) is 19.6. The van der Waals surface area contributed by atoms with Crippen molar-refractivity contribution >= 4 is 34.7 Å². The van der Waals surface area contributed by atoms with Gasteiger partial charge in [-0.3, -0.25) is 4.79 Å². The number of nitrogens with one attached hydrogen (secondary N) is 1. The molecular formula is C20H24N4OS2. The number of carbonyl (C=O) groups excluding carboxylic acids is 1. The van der Waals surface area contributed by atoms with Gasteiger partial charge in [-0.1, -0.05) is 24.8 Å². The van der Waals surface area contributed by atoms with Crippen LogP contribution in [-0.4, -0.2) is 26.4 Å². The van der Waals surface area contributed by atoms with Crippen molar-refractivity contribution < 1.29 is 4.79 Å². The summed E-state index contributed by atoms with van der Waals surface area (Å²) in [6, 6.07) is 6.03. The molecule has 27 heavy (non-hydrogen) atoms. The Morgan fingerprint density at radius 1 is 1.19 bits per heavy atom. The third kappa shape index (κ3) is 4.42. The fourth-order valence-electron chi connectivity index (χ4n) is 3.16. The van der Waals surface area contributed by atoms with Gasteiger partial charge in [0.1, 0.15) is 0 Å². The van der Waals surface area contributed by atoms with Crippen molar-refractivity contribution in [2.45, 2.75) is 39.3 Å². The van der Waals surface area contributed by atoms with Gasteiger partial charge in [0.15, 0.2) is 11.0 Å². The highest BCUT2D eigenvalue weighted by Crippen LogP contribution is 2.32. The van der Waals surface area contributed by atoms with Crippen molar-refractivity contribution in [1.82, 2.24) is 14.8 Å². The maximum Gasteiger partial charge on any atom is 0.234 e. The van der Waals surface area contributed by atoms with E-state index in [2.05, 4.69) is 40.8 Å². The molecule has 3 aromatic rings. The van der Waals surface area contributed by atoms with Crippen molar-refractivity contribution in [1.29, 1.82) is 0 Å². The summed E-state index contributed by atoms with van der Waals surface area (Å²) in [6.07, 6.45) is 0.971. The lowest BCUT2D eigenvalue weighted by atomic mass is 10.1. The van der Waals surface area contributed by atoms with Gasteiger partial charge in [-0.25, -0.2) is 0 Å². The van der Waals surface area contributed by atoms with Crippen LogP contribution in [0.15, 0.2) is 28.7 Å². The summed E-state index contributed by atoms with van der Waals surface area (Å²) in [7, 11) is 1.95. The average Bonchev–Trinajstić information content (AvgIpc) is 3.14. The Bertz CT molecular complexity index is 954. The van der Waals surface area contributed by atoms with Crippen molar-refractivity contribution in [3.05, 3.63) is 45.1 Å². The van der Waals surface area contributed by atoms with Crippen LogP contribution in [-0.2, 0) is 18.3 Å². The molecule has 0 aliphatic rings. The highest BCUT2D eigenvalue weighted by atomic mass is 32.2. The monoisotopic (exact) mass is 400 g/mol. The van der Waals surface area contributed by atoms with Crippen LogP contribution in [0.1, 0.15) is 28.5 Å². The Labute approximate surface area is 168 Å². The lowest BCUT2D eigenvalue weighted by Gasteiger charge is -2.08. The number of amides is 1. The molecule has 1 amide bonds. The number of hydrogen-bond acceptors (Lipinski definition) is 5. The van der Waals surface area contributed by atoms with Crippen molar-refractivity contribution in [2.75, 3.05) is 11.1 Å². The predicted octanol–water partition coefficient (Wildman–Crippen LogP) is 4.76. The molecule has 5 nitrogen and oxygen atoms in total. The zero-order valence-corrected chi connectivity index (χ0v) is 17.9. The van der Waals surface area contributed by atoms with E-state index in [4.69, 9.17) is 0 Å². The molecule has 0 spiro atoms. The molecule has 142 valence electrons. The summed E-state index contributed by atoms with van der Waals surface area (Å²) in [6.45, 7) is 8.34. The molecular weight excluding hydrogens is 376 g/mol. The maximum absolute atomic E-state index is 12.3. The van der Waals surface area contributed by atoms with E-state index in [1.165, 1.54) is 22.2 Å². The van der Waals surface area contributed by atoms with Gasteiger partial charge in [0, 0.05) is 28.6 Å². The van der Waals surface area contributed by atoms with Crippen LogP contribution in [0.25, 0.3) is 11.4 Å². The molecule has 0 radical (unpaired) electrons. The number of rotatable bonds is 6. The largest absolute Gasteiger partial charge is 0.325 e. The van der Waals surface area contributed by atoms with Gasteiger partial charge in [0.25, 0.3) is 0 Å². The Kier molecular flexibility index (Phi) is 6.01. The van der Waals surface area contributed by atoms with Gasteiger partial charge in [-0.2, -0.15) is 0 Å². The Hall–Kier alpha value is -2.12. The van der Waals surface area contributed by atoms with E-state index in [0.29, 0.717) is 5.75 Å². The van der Waals surface area contributed by atoms with E-state index < -0.39 is 0 Å². The van der Waals surface area contributed by atoms with Crippen molar-refractivity contribution in [2.24, 2.45) is 7.05 Å². The minimum atomic E-state index is -0.0461. The van der Waals surface area contributed by atoms with Gasteiger partial charge in [-0.05, 0) is 56.0 Å². The highest BCUT2D eigenvalue weighted by molar-refractivity contribution is 7.99. The van der Waals surface area contributed by atoms with Crippen LogP contribution < -0.4 is 5.32 Å². The summed E-state index contributed by atoms with van der Waals surface area (Å²) >= 11 is 3.14. The number of anilines is 1. The smallest absolute Gasteiger partial charge is 0.234 e. The average molecular weight is 401 g/mol. The SMILES string of the molecule is CCc1c(-c2nnc(SCC(=O)Nc3cc(C)cc(C)c3)n2C)csc1C. The van der Waals surface area contributed by atoms with Gasteiger partial charge < -0.3 is 9.88 Å². The van der Waals surface area contributed by atoms with E-state index in [1.807, 2.05) is 37.6 Å². The number of hydrogen-bond donors (Lipinski definition) is 1. The molecule has 1 aromatic carbocycles. The molecule has 0 fully saturated rings. The quantitative estimate of drug-likeness (QED) is 0.606. The van der Waals surface area contributed by atoms with Crippen LogP contribution >= 0.6 is 23.1 Å². The number of aryl methyl sites for hydroxylation is 3. The van der Waals surface area contributed by atoms with Crippen LogP contribution in [0, 0.1) is 20.8 Å². The minimum Gasteiger partial charge on any atom is -0.325 e. The minimum absolute atomic E-state index is 0.0461. The van der Waals surface area contributed by atoms with E-state index in [9.17, 15) is 4.79 Å². The summed E-state index contributed by atoms with van der Waals surface area (Å²) in [5.41, 5.74) is 5.56. The van der Waals surface area contributed by atoms with Crippen LogP contribution in [0.4, 0.5) is 5.69 Å². The zero-order valence-electron chi connectivity index (χ0n) is 16.3. The molecule has 0 saturated heterocycles. The molecule has 3 rings (SSSR count). The number of carbonyl (C=O) groups is 1. The summed E-state index contributed by atoms with van der Waals surface area (Å²) in [4.78, 5) is 13.6. The van der Waals surface area contributed by atoms with Gasteiger partial charge in [0.2, 0.25) is 5.91 Å². The number of thiophene rings is 1. The Morgan fingerprint density at radius 3 is 2.56 bits per heavy atom. The van der Waals surface area contributed by atoms with E-state index in [0.717, 1.165) is 39.8 Å². The number of nitrogens with zero attached hydrogens (tertiary/aromatic N) is 3. The molecule has 0 unspecified atom stereocenters. The molecule has 0 aliphatic heterocycles. The van der Waals surface area contributed by atoms with Gasteiger partial charge in [0.05, 0.1) is 5.75 Å². The first-order chi connectivity index (χ1) is 12.9. The molecule has 0 atom stereocenters. The fraction of sp³-hybridized carbons (Fsp3) is 0.350. The molecule has 1 N–H and O–H groups in total. The Morgan fingerprint density at radius 2 is 1.89 bits per heavy atom. The standard InChI is InChI=1S/C20H24N4OS2/c1-6-16-14(4)26-10-17(16)19-22-23-20(24(19)5)27-11-18(25)21-15-8-12(2)7-13(3)9-15/h7-10H,6,11H2,1-5H3,(H,21,25). The fourth-order valence-corrected chi connectivity index (χ4v) is 4.81. The first-order valence-corrected chi connectivity index (χ1v) is 10.7. The van der Waals surface area contributed by atoms with Gasteiger partial charge >= 0.3 is 0 Å². The highest BCUT2D eigenvalue weighted by Gasteiger charge is 2.17. The second-order valence-corrected chi connectivity index (χ2v) is 8.64. The molecule has 0 bridgehead atoms. The van der Waals surface area contributed by atoms with E-state index in [1.54, 1.807) is 11.3 Å². The molecule has 7 heteroatoms. The normalized spacial score (nSPS) is 11.0. The summed E-state index contributed by atoms with van der Waals surface area (Å²) in [5, 5.41) is 14.5. The second kappa shape index (κ2) is 8.27. The summed E-state index contributed by atoms with van der Waals surface area (Å²) in [5.74, 6) is 1.10. The number of thioether (sulfide) groups is 1.